The lowest BCUT2D eigenvalue weighted by Gasteiger charge is -2.23. The van der Waals surface area contributed by atoms with Crippen LogP contribution in [0.25, 0.3) is 0 Å². The number of benzene rings is 2. The van der Waals surface area contributed by atoms with Crippen LogP contribution in [0.2, 0.25) is 0 Å². The molecule has 4 nitrogen and oxygen atoms in total. The molecule has 1 saturated heterocycles. The molecule has 2 aromatic rings. The van der Waals surface area contributed by atoms with Crippen LogP contribution >= 0.6 is 0 Å². The molecular weight excluding hydrogens is 240 g/mol. The minimum Gasteiger partial charge on any atom is -0.359 e. The van der Waals surface area contributed by atoms with Crippen molar-refractivity contribution in [2.24, 2.45) is 5.73 Å². The second kappa shape index (κ2) is 3.59. The quantitative estimate of drug-likeness (QED) is 0.742. The van der Waals surface area contributed by atoms with Gasteiger partial charge in [-0.05, 0) is 12.1 Å². The third-order valence-corrected chi connectivity index (χ3v) is 2.83. The van der Waals surface area contributed by atoms with Crippen molar-refractivity contribution in [2.45, 2.75) is 12.2 Å². The number of fused-ring (bicyclic) bond motifs is 5. The smallest absolute Gasteiger partial charge is 0.323 e. The number of amides is 2. The Morgan fingerprint density at radius 1 is 1.11 bits per heavy atom. The van der Waals surface area contributed by atoms with Gasteiger partial charge >= 0.3 is 6.03 Å². The van der Waals surface area contributed by atoms with Crippen molar-refractivity contribution in [2.75, 3.05) is 4.90 Å². The summed E-state index contributed by atoms with van der Waals surface area (Å²) in [5, 5.41) is 0. The Hall–Kier alpha value is -2.33. The number of ether oxygens (including phenoxy) is 1. The van der Waals surface area contributed by atoms with Crippen molar-refractivity contribution in [3.8, 4) is 0 Å². The van der Waals surface area contributed by atoms with Crippen LogP contribution in [0.15, 0.2) is 48.3 Å². The van der Waals surface area contributed by atoms with Gasteiger partial charge in [0.05, 0.1) is 25.1 Å². The lowest BCUT2D eigenvalue weighted by atomic mass is 10.0. The average molecular weight is 262 g/mol. The van der Waals surface area contributed by atoms with Gasteiger partial charge in [0.25, 0.3) is 0 Å². The summed E-state index contributed by atoms with van der Waals surface area (Å²) in [6, 6.07) is -7.25. The van der Waals surface area contributed by atoms with Gasteiger partial charge in [-0.1, -0.05) is 36.3 Å². The first-order valence-electron chi connectivity index (χ1n) is 10.3. The van der Waals surface area contributed by atoms with Crippen LogP contribution in [0.4, 0.5) is 16.2 Å². The number of anilines is 2. The summed E-state index contributed by atoms with van der Waals surface area (Å²) < 4.78 is 86.8. The molecule has 0 bridgehead atoms. The molecule has 2 N–H and O–H groups in total. The highest BCUT2D eigenvalue weighted by Crippen LogP contribution is 2.58. The van der Waals surface area contributed by atoms with Crippen LogP contribution < -0.4 is 10.6 Å². The van der Waals surface area contributed by atoms with Crippen LogP contribution in [-0.2, 0) is 4.74 Å². The van der Waals surface area contributed by atoms with Gasteiger partial charge in [0.2, 0.25) is 0 Å². The molecule has 2 amide bonds. The monoisotopic (exact) mass is 262 g/mol. The number of primary amides is 1. The van der Waals surface area contributed by atoms with E-state index >= 15 is 0 Å². The second-order valence-corrected chi connectivity index (χ2v) is 3.88. The molecule has 2 aromatic carbocycles. The summed E-state index contributed by atoms with van der Waals surface area (Å²) in [7, 11) is 0. The molecule has 4 rings (SSSR count). The van der Waals surface area contributed by atoms with E-state index in [0.29, 0.717) is 4.90 Å². The zero-order valence-corrected chi connectivity index (χ0v) is 9.34. The molecule has 2 atom stereocenters. The van der Waals surface area contributed by atoms with Gasteiger partial charge in [-0.2, -0.15) is 0 Å². The van der Waals surface area contributed by atoms with Gasteiger partial charge < -0.3 is 10.5 Å². The average Bonchev–Trinajstić information content (AvgIpc) is 3.22. The maximum absolute atomic E-state index is 12.4. The van der Waals surface area contributed by atoms with E-state index in [2.05, 4.69) is 0 Å². The van der Waals surface area contributed by atoms with Gasteiger partial charge in [-0.15, -0.1) is 0 Å². The number of para-hydroxylation sites is 2. The van der Waals surface area contributed by atoms with Crippen LogP contribution in [-0.4, -0.2) is 6.03 Å². The van der Waals surface area contributed by atoms with E-state index in [1.807, 2.05) is 0 Å². The lowest BCUT2D eigenvalue weighted by molar-refractivity contribution is 0.256. The Kier molecular flexibility index (Phi) is 0.877. The van der Waals surface area contributed by atoms with Gasteiger partial charge in [-0.3, -0.25) is 4.90 Å². The number of urea groups is 1. The Morgan fingerprint density at radius 2 is 1.58 bits per heavy atom. The van der Waals surface area contributed by atoms with Crippen LogP contribution in [0, 0.1) is 0 Å². The number of carbonyl (C=O) groups is 1. The Morgan fingerprint density at radius 3 is 2.05 bits per heavy atom. The van der Waals surface area contributed by atoms with Crippen molar-refractivity contribution in [3.05, 3.63) is 59.5 Å². The Labute approximate surface area is 124 Å². The first kappa shape index (κ1) is 4.65. The van der Waals surface area contributed by atoms with Crippen LogP contribution in [0.5, 0.6) is 0 Å². The van der Waals surface area contributed by atoms with Crippen molar-refractivity contribution in [3.63, 3.8) is 0 Å². The molecule has 0 radical (unpaired) electrons. The third kappa shape index (κ3) is 1.40. The number of nitrogens with zero attached hydrogens (tertiary/aromatic N) is 1. The maximum atomic E-state index is 12.4. The minimum absolute atomic E-state index is 0.502. The summed E-state index contributed by atoms with van der Waals surface area (Å²) in [6.07, 6.45) is -4.90. The summed E-state index contributed by atoms with van der Waals surface area (Å²) in [6.45, 7) is 0. The highest BCUT2D eigenvalue weighted by Gasteiger charge is 2.47. The third-order valence-electron chi connectivity index (χ3n) is 2.83. The number of hydrogen-bond acceptors (Lipinski definition) is 2. The first-order chi connectivity index (χ1) is 13.3. The van der Waals surface area contributed by atoms with E-state index in [1.165, 1.54) is 0 Å². The number of rotatable bonds is 0. The Balaban J connectivity index is 2.30. The van der Waals surface area contributed by atoms with E-state index in [1.54, 1.807) is 0 Å². The van der Waals surface area contributed by atoms with Crippen molar-refractivity contribution in [1.82, 2.24) is 0 Å². The van der Waals surface area contributed by atoms with E-state index in [-0.39, 0.29) is 0 Å². The highest BCUT2D eigenvalue weighted by molar-refractivity contribution is 6.00. The SMILES string of the molecule is [2H]c1c([2H])c([2H])c2c(c1[2H])N(C(N)=O)c1c([2H])c([2H])c([2H])c([2H])c1C1([2H])OC21[2H]. The fourth-order valence-electron chi connectivity index (χ4n) is 2.01. The molecule has 0 saturated carbocycles. The second-order valence-electron chi connectivity index (χ2n) is 3.88. The molecule has 2 aliphatic rings. The van der Waals surface area contributed by atoms with Gasteiger partial charge in [-0.25, -0.2) is 4.79 Å². The molecule has 19 heavy (non-hydrogen) atoms. The zero-order chi connectivity index (χ0) is 21.8. The maximum Gasteiger partial charge on any atom is 0.323 e. The highest BCUT2D eigenvalue weighted by atomic mass is 16.6. The zero-order valence-electron chi connectivity index (χ0n) is 19.3. The Bertz CT molecular complexity index is 1070. The number of hydrogen-bond donors (Lipinski definition) is 1. The van der Waals surface area contributed by atoms with Crippen molar-refractivity contribution >= 4 is 17.4 Å². The minimum atomic E-state index is -2.45. The van der Waals surface area contributed by atoms with E-state index < -0.39 is 89.0 Å². The molecule has 1 fully saturated rings. The fraction of sp³-hybridized carbons (Fsp3) is 0.133. The van der Waals surface area contributed by atoms with Crippen molar-refractivity contribution in [1.29, 1.82) is 0 Å². The van der Waals surface area contributed by atoms with E-state index in [4.69, 9.17) is 24.2 Å². The molecule has 0 spiro atoms. The van der Waals surface area contributed by atoms with Gasteiger partial charge in [0.15, 0.2) is 0 Å². The number of carbonyl (C=O) groups excluding carboxylic acids is 1. The largest absolute Gasteiger partial charge is 0.359 e. The number of nitrogens with two attached hydrogens (primary N) is 1. The van der Waals surface area contributed by atoms with E-state index in [9.17, 15) is 4.79 Å². The van der Waals surface area contributed by atoms with E-state index in [0.717, 1.165) is 0 Å². The molecule has 2 aliphatic heterocycles. The van der Waals surface area contributed by atoms with Crippen molar-refractivity contribution < 1.29 is 23.2 Å². The summed E-state index contributed by atoms with van der Waals surface area (Å²) in [5.74, 6) is 0. The molecule has 4 heteroatoms. The summed E-state index contributed by atoms with van der Waals surface area (Å²) in [5.41, 5.74) is 3.17. The topological polar surface area (TPSA) is 58.9 Å². The standard InChI is InChI=1S/C15H12N2O2/c16-15(18)17-11-7-3-1-5-9(11)13-14(19-13)10-6-2-4-8-12(10)17/h1-8,13-14H,(H2,16,18)/i1D,2D,3D,4D,5D,6D,7D,8D,13D,14D. The predicted octanol–water partition coefficient (Wildman–Crippen LogP) is 3.03. The number of epoxide rings is 1. The molecular formula is C15H12N2O2. The molecule has 0 aliphatic carbocycles. The van der Waals surface area contributed by atoms with Crippen LogP contribution in [0.1, 0.15) is 37.0 Å². The first-order valence-corrected chi connectivity index (χ1v) is 5.32. The van der Waals surface area contributed by atoms with Crippen LogP contribution in [0.3, 0.4) is 0 Å². The lowest BCUT2D eigenvalue weighted by Crippen LogP contribution is -2.32. The molecule has 2 unspecified atom stereocenters. The summed E-state index contributed by atoms with van der Waals surface area (Å²) in [4.78, 5) is 12.9. The molecule has 2 heterocycles. The summed E-state index contributed by atoms with van der Waals surface area (Å²) >= 11 is 0. The van der Waals surface area contributed by atoms with Gasteiger partial charge in [0, 0.05) is 11.1 Å². The molecule has 94 valence electrons. The predicted molar refractivity (Wildman–Crippen MR) is 71.2 cm³/mol. The van der Waals surface area contributed by atoms with Gasteiger partial charge in [0.1, 0.15) is 12.2 Å². The fourth-order valence-corrected chi connectivity index (χ4v) is 2.01. The molecule has 0 aromatic heterocycles. The normalized spacial score (nSPS) is 38.0.